The van der Waals surface area contributed by atoms with Gasteiger partial charge in [-0.1, -0.05) is 139 Å². The highest BCUT2D eigenvalue weighted by Crippen LogP contribution is 2.48. The molecule has 0 amide bonds. The second-order valence-corrected chi connectivity index (χ2v) is 15.5. The topological polar surface area (TPSA) is 66.8 Å². The maximum Gasteiger partial charge on any atom is 0.335 e. The summed E-state index contributed by atoms with van der Waals surface area (Å²) in [5, 5.41) is 20.5. The molecule has 0 aliphatic carbocycles. The summed E-state index contributed by atoms with van der Waals surface area (Å²) in [6.45, 7) is 32.4. The Morgan fingerprint density at radius 1 is 0.702 bits per heavy atom. The molecule has 0 saturated carbocycles. The molecule has 3 aromatic rings. The maximum atomic E-state index is 12.7. The van der Waals surface area contributed by atoms with Crippen LogP contribution in [0.1, 0.15) is 155 Å². The van der Waals surface area contributed by atoms with E-state index in [9.17, 15) is 9.90 Å². The van der Waals surface area contributed by atoms with Crippen molar-refractivity contribution >= 4 is 5.97 Å². The molecule has 0 spiro atoms. The van der Waals surface area contributed by atoms with Gasteiger partial charge in [-0.25, -0.2) is 4.79 Å². The Balaban J connectivity index is 0.000000965. The third-order valence-electron chi connectivity index (χ3n) is 10.9. The average molecular weight is 643 g/mol. The van der Waals surface area contributed by atoms with Crippen LogP contribution >= 0.6 is 0 Å². The van der Waals surface area contributed by atoms with Crippen LogP contribution in [0.3, 0.4) is 0 Å². The molecule has 0 radical (unpaired) electrons. The standard InChI is InChI=1S/C37H56O3.C6H6O/c1-15-31(38)40-33-28(21-26(35(9,10)17-3)23-30(33)37(13,14)19-5)24(6)27-20-25(34(7,8)16-2)22-29(32(27)39)36(11,12)18-4;7-6-4-2-1-3-5-6/h15,20-24,39H,1,16-19H2,2-14H3;1-5,7H. The fourth-order valence-corrected chi connectivity index (χ4v) is 5.40. The van der Waals surface area contributed by atoms with E-state index in [0.717, 1.165) is 47.9 Å². The minimum absolute atomic E-state index is 0.0553. The highest BCUT2D eigenvalue weighted by molar-refractivity contribution is 5.84. The number of phenolic OH excluding ortho intramolecular Hbond substituents is 2. The van der Waals surface area contributed by atoms with Gasteiger partial charge >= 0.3 is 5.97 Å². The summed E-state index contributed by atoms with van der Waals surface area (Å²) >= 11 is 0. The highest BCUT2D eigenvalue weighted by Gasteiger charge is 2.34. The lowest BCUT2D eigenvalue weighted by Gasteiger charge is -2.34. The van der Waals surface area contributed by atoms with Crippen LogP contribution in [0.5, 0.6) is 17.2 Å². The van der Waals surface area contributed by atoms with Crippen LogP contribution in [0.2, 0.25) is 0 Å². The Labute approximate surface area is 286 Å². The fraction of sp³-hybridized carbons (Fsp3) is 0.512. The molecule has 0 aliphatic heterocycles. The quantitative estimate of drug-likeness (QED) is 0.117. The van der Waals surface area contributed by atoms with Crippen LogP contribution in [0.15, 0.2) is 67.3 Å². The van der Waals surface area contributed by atoms with E-state index in [1.807, 2.05) is 6.07 Å². The molecule has 1 unspecified atom stereocenters. The molecule has 0 heterocycles. The van der Waals surface area contributed by atoms with Crippen molar-refractivity contribution in [3.8, 4) is 17.2 Å². The zero-order valence-electron chi connectivity index (χ0n) is 31.6. The Morgan fingerprint density at radius 3 is 1.53 bits per heavy atom. The van der Waals surface area contributed by atoms with Gasteiger partial charge < -0.3 is 14.9 Å². The van der Waals surface area contributed by atoms with E-state index in [1.54, 1.807) is 24.3 Å². The molecule has 47 heavy (non-hydrogen) atoms. The Kier molecular flexibility index (Phi) is 13.1. The lowest BCUT2D eigenvalue weighted by molar-refractivity contribution is -0.129. The van der Waals surface area contributed by atoms with Gasteiger partial charge in [-0.05, 0) is 70.6 Å². The van der Waals surface area contributed by atoms with E-state index in [-0.39, 0.29) is 27.6 Å². The molecule has 0 fully saturated rings. The van der Waals surface area contributed by atoms with Gasteiger partial charge in [0.2, 0.25) is 0 Å². The lowest BCUT2D eigenvalue weighted by atomic mass is 9.71. The number of hydrogen-bond acceptors (Lipinski definition) is 4. The van der Waals surface area contributed by atoms with E-state index in [1.165, 1.54) is 17.2 Å². The third-order valence-corrected chi connectivity index (χ3v) is 10.9. The van der Waals surface area contributed by atoms with Gasteiger partial charge in [0.05, 0.1) is 0 Å². The Bertz CT molecular complexity index is 1510. The smallest absolute Gasteiger partial charge is 0.335 e. The molecule has 4 heteroatoms. The number of esters is 1. The van der Waals surface area contributed by atoms with Crippen molar-refractivity contribution in [3.63, 3.8) is 0 Å². The number of carbonyl (C=O) groups is 1. The SMILES string of the molecule is C=CC(=O)Oc1c(C(C)c2cc(C(C)(C)CC)cc(C(C)(C)CC)c2O)cc(C(C)(C)CC)cc1C(C)(C)CC.Oc1ccccc1. The zero-order valence-corrected chi connectivity index (χ0v) is 31.6. The molecule has 258 valence electrons. The van der Waals surface area contributed by atoms with Gasteiger partial charge in [0.25, 0.3) is 0 Å². The van der Waals surface area contributed by atoms with E-state index in [2.05, 4.69) is 121 Å². The first kappa shape index (κ1) is 39.6. The number of para-hydroxylation sites is 1. The first-order valence-corrected chi connectivity index (χ1v) is 17.4. The fourth-order valence-electron chi connectivity index (χ4n) is 5.40. The number of benzene rings is 3. The number of rotatable bonds is 12. The molecule has 3 aromatic carbocycles. The molecule has 0 saturated heterocycles. The molecule has 1 atom stereocenters. The van der Waals surface area contributed by atoms with Crippen molar-refractivity contribution in [1.82, 2.24) is 0 Å². The molecule has 0 aliphatic rings. The zero-order chi connectivity index (χ0) is 36.0. The van der Waals surface area contributed by atoms with Crippen LogP contribution in [0, 0.1) is 0 Å². The Hall–Kier alpha value is -3.53. The van der Waals surface area contributed by atoms with Crippen molar-refractivity contribution in [2.24, 2.45) is 0 Å². The summed E-state index contributed by atoms with van der Waals surface area (Å²) in [7, 11) is 0. The normalized spacial score (nSPS) is 13.0. The van der Waals surface area contributed by atoms with Crippen molar-refractivity contribution in [3.05, 3.63) is 101 Å². The van der Waals surface area contributed by atoms with Crippen LogP contribution in [-0.4, -0.2) is 16.2 Å². The summed E-state index contributed by atoms with van der Waals surface area (Å²) in [4.78, 5) is 12.7. The summed E-state index contributed by atoms with van der Waals surface area (Å²) < 4.78 is 6.10. The maximum absolute atomic E-state index is 12.7. The number of aromatic hydroxyl groups is 2. The number of carbonyl (C=O) groups excluding carboxylic acids is 1. The van der Waals surface area contributed by atoms with E-state index < -0.39 is 5.97 Å². The van der Waals surface area contributed by atoms with Crippen LogP contribution in [-0.2, 0) is 26.5 Å². The third kappa shape index (κ3) is 9.30. The molecule has 4 nitrogen and oxygen atoms in total. The minimum atomic E-state index is -0.470. The van der Waals surface area contributed by atoms with Gasteiger partial charge in [-0.3, -0.25) is 0 Å². The van der Waals surface area contributed by atoms with Crippen LogP contribution in [0.25, 0.3) is 0 Å². The molecular formula is C43H62O4. The Morgan fingerprint density at radius 2 is 1.13 bits per heavy atom. The molecule has 0 bridgehead atoms. The predicted octanol–water partition coefficient (Wildman–Crippen LogP) is 11.8. The number of ether oxygens (including phenoxy) is 1. The minimum Gasteiger partial charge on any atom is -0.508 e. The second kappa shape index (κ2) is 15.6. The van der Waals surface area contributed by atoms with E-state index >= 15 is 0 Å². The number of phenols is 2. The van der Waals surface area contributed by atoms with Crippen LogP contribution < -0.4 is 4.74 Å². The van der Waals surface area contributed by atoms with Crippen molar-refractivity contribution < 1.29 is 19.7 Å². The largest absolute Gasteiger partial charge is 0.508 e. The van der Waals surface area contributed by atoms with Gasteiger partial charge in [-0.2, -0.15) is 0 Å². The monoisotopic (exact) mass is 642 g/mol. The first-order chi connectivity index (χ1) is 21.7. The van der Waals surface area contributed by atoms with Crippen LogP contribution in [0.4, 0.5) is 0 Å². The molecular weight excluding hydrogens is 580 g/mol. The summed E-state index contributed by atoms with van der Waals surface area (Å²) in [6, 6.07) is 17.5. The van der Waals surface area contributed by atoms with Crippen molar-refractivity contribution in [2.75, 3.05) is 0 Å². The van der Waals surface area contributed by atoms with E-state index in [4.69, 9.17) is 9.84 Å². The lowest BCUT2D eigenvalue weighted by Crippen LogP contribution is -2.24. The molecule has 2 N–H and O–H groups in total. The van der Waals surface area contributed by atoms with Gasteiger partial charge in [0, 0.05) is 34.2 Å². The summed E-state index contributed by atoms with van der Waals surface area (Å²) in [5.41, 5.74) is 5.67. The number of hydrogen-bond donors (Lipinski definition) is 2. The second-order valence-electron chi connectivity index (χ2n) is 15.5. The van der Waals surface area contributed by atoms with Crippen molar-refractivity contribution in [1.29, 1.82) is 0 Å². The summed E-state index contributed by atoms with van der Waals surface area (Å²) in [5.74, 6) is 0.568. The molecule has 3 rings (SSSR count). The van der Waals surface area contributed by atoms with Gasteiger partial charge in [-0.15, -0.1) is 0 Å². The highest BCUT2D eigenvalue weighted by atomic mass is 16.5. The average Bonchev–Trinajstić information content (AvgIpc) is 3.04. The van der Waals surface area contributed by atoms with Crippen molar-refractivity contribution in [2.45, 2.75) is 143 Å². The molecule has 0 aromatic heterocycles. The van der Waals surface area contributed by atoms with E-state index in [0.29, 0.717) is 17.2 Å². The van der Waals surface area contributed by atoms with Gasteiger partial charge in [0.1, 0.15) is 17.2 Å². The summed E-state index contributed by atoms with van der Waals surface area (Å²) in [6.07, 6.45) is 4.97. The predicted molar refractivity (Wildman–Crippen MR) is 199 cm³/mol. The first-order valence-electron chi connectivity index (χ1n) is 17.4. The van der Waals surface area contributed by atoms with Gasteiger partial charge in [0.15, 0.2) is 0 Å².